The largest absolute Gasteiger partial charge is 0.378 e. The number of thiophene rings is 1. The van der Waals surface area contributed by atoms with Crippen molar-refractivity contribution < 1.29 is 4.79 Å². The maximum absolute atomic E-state index is 12.0. The van der Waals surface area contributed by atoms with Crippen LogP contribution in [-0.2, 0) is 17.9 Å². The number of carbonyl (C=O) groups is 1. The number of anilines is 1. The van der Waals surface area contributed by atoms with Crippen molar-refractivity contribution in [2.24, 2.45) is 5.10 Å². The van der Waals surface area contributed by atoms with Crippen molar-refractivity contribution in [3.05, 3.63) is 70.7 Å². The lowest BCUT2D eigenvalue weighted by Crippen LogP contribution is -2.20. The molecule has 3 aromatic rings. The number of rotatable bonds is 10. The third-order valence-electron chi connectivity index (χ3n) is 3.86. The van der Waals surface area contributed by atoms with Gasteiger partial charge in [-0.1, -0.05) is 41.6 Å². The summed E-state index contributed by atoms with van der Waals surface area (Å²) < 4.78 is 1.95. The quantitative estimate of drug-likeness (QED) is 0.224. The number of aromatic nitrogens is 3. The van der Waals surface area contributed by atoms with E-state index in [9.17, 15) is 4.79 Å². The molecule has 150 valence electrons. The molecular formula is C20H22N6OS2. The summed E-state index contributed by atoms with van der Waals surface area (Å²) in [5.74, 6) is 0.780. The number of benzene rings is 1. The van der Waals surface area contributed by atoms with E-state index in [1.165, 1.54) is 17.3 Å². The van der Waals surface area contributed by atoms with E-state index in [4.69, 9.17) is 0 Å². The molecule has 2 aromatic heterocycles. The molecule has 0 unspecified atom stereocenters. The topological polar surface area (TPSA) is 84.2 Å². The zero-order valence-electron chi connectivity index (χ0n) is 16.0. The summed E-state index contributed by atoms with van der Waals surface area (Å²) in [4.78, 5) is 13.0. The number of aryl methyl sites for hydroxylation is 1. The SMILES string of the molecule is C=CCn1c(CNc2ccc(C)cc2)nnc1SCC(=O)N/N=C/c1cccs1. The number of allylic oxidation sites excluding steroid dienone is 1. The third kappa shape index (κ3) is 6.30. The zero-order chi connectivity index (χ0) is 20.5. The molecule has 0 bridgehead atoms. The second kappa shape index (κ2) is 10.6. The minimum atomic E-state index is -0.199. The van der Waals surface area contributed by atoms with Crippen LogP contribution >= 0.6 is 23.1 Å². The van der Waals surface area contributed by atoms with Crippen LogP contribution in [0.2, 0.25) is 0 Å². The van der Waals surface area contributed by atoms with Crippen LogP contribution in [-0.4, -0.2) is 32.6 Å². The number of hydrogen-bond acceptors (Lipinski definition) is 7. The lowest BCUT2D eigenvalue weighted by molar-refractivity contribution is -0.118. The maximum Gasteiger partial charge on any atom is 0.250 e. The van der Waals surface area contributed by atoms with E-state index in [1.54, 1.807) is 23.6 Å². The van der Waals surface area contributed by atoms with Crippen LogP contribution < -0.4 is 10.7 Å². The molecule has 0 aliphatic heterocycles. The number of hydrogen-bond donors (Lipinski definition) is 2. The van der Waals surface area contributed by atoms with E-state index in [-0.39, 0.29) is 11.7 Å². The molecule has 0 radical (unpaired) electrons. The molecule has 1 amide bonds. The van der Waals surface area contributed by atoms with Crippen LogP contribution in [0.5, 0.6) is 0 Å². The van der Waals surface area contributed by atoms with Crippen LogP contribution in [0.4, 0.5) is 5.69 Å². The van der Waals surface area contributed by atoms with Gasteiger partial charge in [-0.15, -0.1) is 28.1 Å². The van der Waals surface area contributed by atoms with Crippen molar-refractivity contribution in [2.75, 3.05) is 11.1 Å². The zero-order valence-corrected chi connectivity index (χ0v) is 17.7. The Bertz CT molecular complexity index is 964. The van der Waals surface area contributed by atoms with E-state index in [2.05, 4.69) is 51.7 Å². The molecule has 0 aliphatic carbocycles. The second-order valence-electron chi connectivity index (χ2n) is 6.11. The molecule has 1 aromatic carbocycles. The number of nitrogens with one attached hydrogen (secondary N) is 2. The van der Waals surface area contributed by atoms with Crippen molar-refractivity contribution in [1.82, 2.24) is 20.2 Å². The molecule has 29 heavy (non-hydrogen) atoms. The van der Waals surface area contributed by atoms with Crippen LogP contribution in [0, 0.1) is 6.92 Å². The Morgan fingerprint density at radius 3 is 2.86 bits per heavy atom. The third-order valence-corrected chi connectivity index (χ3v) is 5.64. The molecule has 2 heterocycles. The van der Waals surface area contributed by atoms with Gasteiger partial charge in [-0.3, -0.25) is 4.79 Å². The van der Waals surface area contributed by atoms with Crippen LogP contribution in [0.3, 0.4) is 0 Å². The second-order valence-corrected chi connectivity index (χ2v) is 8.04. The molecule has 9 heteroatoms. The highest BCUT2D eigenvalue weighted by Crippen LogP contribution is 2.18. The highest BCUT2D eigenvalue weighted by Gasteiger charge is 2.13. The number of hydrazone groups is 1. The summed E-state index contributed by atoms with van der Waals surface area (Å²) in [6, 6.07) is 12.0. The molecule has 0 fully saturated rings. The van der Waals surface area contributed by atoms with Gasteiger partial charge in [0.2, 0.25) is 0 Å². The van der Waals surface area contributed by atoms with Gasteiger partial charge in [0.15, 0.2) is 11.0 Å². The average molecular weight is 427 g/mol. The molecule has 0 saturated carbocycles. The molecule has 0 aliphatic rings. The van der Waals surface area contributed by atoms with Crippen molar-refractivity contribution >= 4 is 40.9 Å². The van der Waals surface area contributed by atoms with Gasteiger partial charge in [-0.25, -0.2) is 5.43 Å². The Kier molecular flexibility index (Phi) is 7.60. The van der Waals surface area contributed by atoms with Crippen LogP contribution in [0.25, 0.3) is 0 Å². The van der Waals surface area contributed by atoms with E-state index in [1.807, 2.05) is 34.2 Å². The molecular weight excluding hydrogens is 404 g/mol. The van der Waals surface area contributed by atoms with Gasteiger partial charge in [-0.05, 0) is 30.5 Å². The van der Waals surface area contributed by atoms with Crippen molar-refractivity contribution in [3.63, 3.8) is 0 Å². The first-order chi connectivity index (χ1) is 14.2. The first kappa shape index (κ1) is 20.8. The van der Waals surface area contributed by atoms with Crippen molar-refractivity contribution in [1.29, 1.82) is 0 Å². The Morgan fingerprint density at radius 1 is 1.31 bits per heavy atom. The van der Waals surface area contributed by atoms with Crippen molar-refractivity contribution in [2.45, 2.75) is 25.2 Å². The Morgan fingerprint density at radius 2 is 2.14 bits per heavy atom. The van der Waals surface area contributed by atoms with Crippen molar-refractivity contribution in [3.8, 4) is 0 Å². The van der Waals surface area contributed by atoms with E-state index < -0.39 is 0 Å². The molecule has 0 saturated heterocycles. The van der Waals surface area contributed by atoms with Gasteiger partial charge in [0.1, 0.15) is 0 Å². The smallest absolute Gasteiger partial charge is 0.250 e. The lowest BCUT2D eigenvalue weighted by Gasteiger charge is -2.09. The summed E-state index contributed by atoms with van der Waals surface area (Å²) in [6.45, 7) is 6.95. The predicted molar refractivity (Wildman–Crippen MR) is 120 cm³/mol. The van der Waals surface area contributed by atoms with Gasteiger partial charge in [0.05, 0.1) is 18.5 Å². The Labute approximate surface area is 177 Å². The Hall–Kier alpha value is -2.91. The van der Waals surface area contributed by atoms with Gasteiger partial charge >= 0.3 is 0 Å². The highest BCUT2D eigenvalue weighted by atomic mass is 32.2. The molecule has 2 N–H and O–H groups in total. The molecule has 0 spiro atoms. The number of nitrogens with zero attached hydrogens (tertiary/aromatic N) is 4. The fourth-order valence-corrected chi connectivity index (χ4v) is 3.76. The molecule has 3 rings (SSSR count). The lowest BCUT2D eigenvalue weighted by atomic mass is 10.2. The number of thioether (sulfide) groups is 1. The standard InChI is InChI=1S/C20H22N6OS2/c1-3-10-26-18(13-21-16-8-6-15(2)7-9-16)23-25-20(26)29-14-19(27)24-22-12-17-5-4-11-28-17/h3-9,11-12,21H,1,10,13-14H2,2H3,(H,24,27)/b22-12+. The first-order valence-electron chi connectivity index (χ1n) is 8.97. The minimum Gasteiger partial charge on any atom is -0.378 e. The fraction of sp³-hybridized carbons (Fsp3) is 0.200. The number of amides is 1. The minimum absolute atomic E-state index is 0.197. The summed E-state index contributed by atoms with van der Waals surface area (Å²) in [5.41, 5.74) is 4.75. The molecule has 0 atom stereocenters. The summed E-state index contributed by atoms with van der Waals surface area (Å²) in [7, 11) is 0. The van der Waals surface area contributed by atoms with Gasteiger partial charge in [-0.2, -0.15) is 5.10 Å². The maximum atomic E-state index is 12.0. The molecule has 7 nitrogen and oxygen atoms in total. The van der Waals surface area contributed by atoms with Gasteiger partial charge < -0.3 is 9.88 Å². The normalized spacial score (nSPS) is 10.9. The monoisotopic (exact) mass is 426 g/mol. The van der Waals surface area contributed by atoms with Crippen LogP contribution in [0.15, 0.2) is 64.7 Å². The summed E-state index contributed by atoms with van der Waals surface area (Å²) in [5, 5.41) is 18.4. The summed E-state index contributed by atoms with van der Waals surface area (Å²) in [6.07, 6.45) is 3.41. The van der Waals surface area contributed by atoms with Gasteiger partial charge in [0.25, 0.3) is 5.91 Å². The Balaban J connectivity index is 1.55. The van der Waals surface area contributed by atoms with E-state index in [0.29, 0.717) is 18.2 Å². The fourth-order valence-electron chi connectivity index (χ4n) is 2.42. The first-order valence-corrected chi connectivity index (χ1v) is 10.8. The average Bonchev–Trinajstić information content (AvgIpc) is 3.37. The van der Waals surface area contributed by atoms with Crippen LogP contribution in [0.1, 0.15) is 16.3 Å². The highest BCUT2D eigenvalue weighted by molar-refractivity contribution is 7.99. The van der Waals surface area contributed by atoms with Gasteiger partial charge in [0, 0.05) is 17.1 Å². The number of carbonyl (C=O) groups excluding carboxylic acids is 1. The van der Waals surface area contributed by atoms with E-state index in [0.717, 1.165) is 16.4 Å². The van der Waals surface area contributed by atoms with E-state index >= 15 is 0 Å². The predicted octanol–water partition coefficient (Wildman–Crippen LogP) is 3.69. The summed E-state index contributed by atoms with van der Waals surface area (Å²) >= 11 is 2.87.